The monoisotopic (exact) mass is 605 g/mol. The van der Waals surface area contributed by atoms with Gasteiger partial charge in [-0.15, -0.1) is 0 Å². The minimum Gasteiger partial charge on any atom is -0.481 e. The molecule has 0 aliphatic heterocycles. The van der Waals surface area contributed by atoms with Gasteiger partial charge in [-0.2, -0.15) is 0 Å². The maximum Gasteiger partial charge on any atom is 0.303 e. The fourth-order valence-corrected chi connectivity index (χ4v) is 6.02. The Morgan fingerprint density at radius 3 is 0.884 bits per heavy atom. The van der Waals surface area contributed by atoms with Gasteiger partial charge >= 0.3 is 5.97 Å². The summed E-state index contributed by atoms with van der Waals surface area (Å²) in [5.41, 5.74) is 0. The average molecular weight is 605 g/mol. The summed E-state index contributed by atoms with van der Waals surface area (Å²) in [7, 11) is 0. The minimum atomic E-state index is -0.667. The lowest BCUT2D eigenvalue weighted by atomic mass is 10.0. The van der Waals surface area contributed by atoms with E-state index in [0.717, 1.165) is 38.5 Å². The second-order valence-corrected chi connectivity index (χ2v) is 13.2. The highest BCUT2D eigenvalue weighted by atomic mass is 16.4. The van der Waals surface area contributed by atoms with E-state index >= 15 is 0 Å². The van der Waals surface area contributed by atoms with Crippen molar-refractivity contribution in [2.24, 2.45) is 0 Å². The van der Waals surface area contributed by atoms with Crippen molar-refractivity contribution in [1.29, 1.82) is 0 Å². The molecule has 3 heteroatoms. The minimum absolute atomic E-state index is 0.323. The van der Waals surface area contributed by atoms with E-state index in [0.29, 0.717) is 13.0 Å². The number of aliphatic carboxylic acids is 1. The van der Waals surface area contributed by atoms with Gasteiger partial charge in [-0.1, -0.05) is 191 Å². The fourth-order valence-electron chi connectivity index (χ4n) is 6.02. The molecule has 0 amide bonds. The number of aliphatic hydroxyl groups excluding tert-OH is 1. The van der Waals surface area contributed by atoms with Gasteiger partial charge in [0.1, 0.15) is 0 Å². The average Bonchev–Trinajstić information content (AvgIpc) is 3.00. The van der Waals surface area contributed by atoms with Gasteiger partial charge < -0.3 is 10.2 Å². The van der Waals surface area contributed by atoms with E-state index in [-0.39, 0.29) is 0 Å². The summed E-state index contributed by atoms with van der Waals surface area (Å²) in [6.45, 7) is 0.367. The van der Waals surface area contributed by atoms with Gasteiger partial charge in [0.25, 0.3) is 0 Å². The van der Waals surface area contributed by atoms with Crippen LogP contribution in [-0.4, -0.2) is 22.8 Å². The van der Waals surface area contributed by atoms with Gasteiger partial charge in [-0.3, -0.25) is 4.79 Å². The van der Waals surface area contributed by atoms with Crippen LogP contribution >= 0.6 is 0 Å². The summed E-state index contributed by atoms with van der Waals surface area (Å²) in [6.07, 6.45) is 53.6. The van der Waals surface area contributed by atoms with Crippen molar-refractivity contribution in [2.45, 2.75) is 218 Å². The molecule has 0 aliphatic carbocycles. The van der Waals surface area contributed by atoms with Crippen LogP contribution < -0.4 is 0 Å². The molecule has 0 spiro atoms. The molecule has 3 nitrogen and oxygen atoms in total. The molecule has 0 saturated carbocycles. The molecule has 0 aliphatic rings. The third kappa shape index (κ3) is 40.9. The summed E-state index contributed by atoms with van der Waals surface area (Å²) in [6, 6.07) is 0. The van der Waals surface area contributed by atoms with Crippen LogP contribution in [0.1, 0.15) is 218 Å². The van der Waals surface area contributed by atoms with Gasteiger partial charge in [0, 0.05) is 13.0 Å². The zero-order chi connectivity index (χ0) is 31.2. The van der Waals surface area contributed by atoms with E-state index < -0.39 is 5.97 Å². The van der Waals surface area contributed by atoms with Gasteiger partial charge in [0.05, 0.1) is 0 Å². The molecule has 0 unspecified atom stereocenters. The Bertz CT molecular complexity index is 582. The zero-order valence-corrected chi connectivity index (χ0v) is 28.9. The summed E-state index contributed by atoms with van der Waals surface area (Å²) < 4.78 is 0. The van der Waals surface area contributed by atoms with Crippen LogP contribution in [0.15, 0.2) is 24.3 Å². The zero-order valence-electron chi connectivity index (χ0n) is 28.9. The Labute approximate surface area is 269 Å². The van der Waals surface area contributed by atoms with E-state index in [4.69, 9.17) is 10.2 Å². The van der Waals surface area contributed by atoms with Crippen molar-refractivity contribution in [2.75, 3.05) is 6.61 Å². The summed E-state index contributed by atoms with van der Waals surface area (Å²) in [5.74, 6) is -0.667. The Morgan fingerprint density at radius 2 is 0.605 bits per heavy atom. The van der Waals surface area contributed by atoms with E-state index in [1.807, 2.05) is 0 Å². The molecule has 0 atom stereocenters. The first-order chi connectivity index (χ1) is 21.3. The van der Waals surface area contributed by atoms with Crippen LogP contribution in [0.5, 0.6) is 0 Å². The van der Waals surface area contributed by atoms with E-state index in [9.17, 15) is 4.79 Å². The Morgan fingerprint density at radius 1 is 0.349 bits per heavy atom. The lowest BCUT2D eigenvalue weighted by molar-refractivity contribution is -0.137. The molecule has 0 fully saturated rings. The highest BCUT2D eigenvalue weighted by Gasteiger charge is 1.97. The number of unbranched alkanes of at least 4 members (excludes halogenated alkanes) is 30. The number of hydrogen-bond acceptors (Lipinski definition) is 2. The molecule has 0 heterocycles. The summed E-state index contributed by atoms with van der Waals surface area (Å²) in [5, 5.41) is 17.4. The van der Waals surface area contributed by atoms with Gasteiger partial charge in [-0.25, -0.2) is 0 Å². The van der Waals surface area contributed by atoms with Gasteiger partial charge in [0.15, 0.2) is 0 Å². The molecule has 0 radical (unpaired) electrons. The maximum absolute atomic E-state index is 10.5. The van der Waals surface area contributed by atoms with Crippen molar-refractivity contribution >= 4 is 5.97 Å². The van der Waals surface area contributed by atoms with Crippen molar-refractivity contribution in [3.05, 3.63) is 24.3 Å². The van der Waals surface area contributed by atoms with Crippen LogP contribution in [-0.2, 0) is 4.79 Å². The summed E-state index contributed by atoms with van der Waals surface area (Å²) >= 11 is 0. The number of carboxylic acid groups (broad SMARTS) is 1. The van der Waals surface area contributed by atoms with E-state index in [1.54, 1.807) is 0 Å². The second kappa shape index (κ2) is 38.9. The lowest BCUT2D eigenvalue weighted by Crippen LogP contribution is -1.93. The van der Waals surface area contributed by atoms with Crippen molar-refractivity contribution in [3.63, 3.8) is 0 Å². The van der Waals surface area contributed by atoms with E-state index in [1.165, 1.54) is 173 Å². The quantitative estimate of drug-likeness (QED) is 0.0548. The third-order valence-electron chi connectivity index (χ3n) is 8.90. The van der Waals surface area contributed by atoms with Crippen LogP contribution in [0, 0.1) is 0 Å². The van der Waals surface area contributed by atoms with Gasteiger partial charge in [0.2, 0.25) is 0 Å². The molecule has 2 N–H and O–H groups in total. The van der Waals surface area contributed by atoms with Crippen LogP contribution in [0.3, 0.4) is 0 Å². The molecule has 0 aromatic rings. The number of carboxylic acids is 1. The molecule has 0 saturated heterocycles. The van der Waals surface area contributed by atoms with Crippen molar-refractivity contribution < 1.29 is 15.0 Å². The first-order valence-corrected chi connectivity index (χ1v) is 19.4. The molecule has 0 bridgehead atoms. The molecular formula is C40H76O3. The van der Waals surface area contributed by atoms with Crippen molar-refractivity contribution in [1.82, 2.24) is 0 Å². The number of rotatable bonds is 37. The van der Waals surface area contributed by atoms with Crippen molar-refractivity contribution in [3.8, 4) is 0 Å². The maximum atomic E-state index is 10.5. The topological polar surface area (TPSA) is 57.5 Å². The first kappa shape index (κ1) is 41.9. The molecule has 0 aromatic carbocycles. The number of aliphatic hydroxyl groups is 1. The fraction of sp³-hybridized carbons (Fsp3) is 0.875. The molecule has 43 heavy (non-hydrogen) atoms. The Kier molecular flexibility index (Phi) is 37.9. The summed E-state index contributed by atoms with van der Waals surface area (Å²) in [4.78, 5) is 10.5. The van der Waals surface area contributed by atoms with Crippen LogP contribution in [0.25, 0.3) is 0 Å². The molecule has 0 rings (SSSR count). The Hall–Kier alpha value is -1.09. The standard InChI is InChI=1S/C40H76O3/c41-39-37-35-33-31-29-27-25-23-21-19-17-15-13-11-9-7-5-3-1-2-4-6-8-10-12-14-16-18-20-22-24-26-28-30-32-34-36-38-40(42)43/h16,18,22,24,41H,1-15,17,19-21,23,25-39H2,(H,42,43). The first-order valence-electron chi connectivity index (χ1n) is 19.4. The third-order valence-corrected chi connectivity index (χ3v) is 8.90. The van der Waals surface area contributed by atoms with Crippen LogP contribution in [0.4, 0.5) is 0 Å². The predicted octanol–water partition coefficient (Wildman–Crippen LogP) is 13.4. The van der Waals surface area contributed by atoms with Crippen LogP contribution in [0.2, 0.25) is 0 Å². The molecule has 0 aromatic heterocycles. The smallest absolute Gasteiger partial charge is 0.303 e. The molecular weight excluding hydrogens is 528 g/mol. The normalized spacial score (nSPS) is 11.8. The SMILES string of the molecule is O=C(O)CCCCCCCC=CCC=CCCCCCCCCCCCCCCCCCCCCCCCCCCCO. The number of carbonyl (C=O) groups is 1. The van der Waals surface area contributed by atoms with E-state index in [2.05, 4.69) is 24.3 Å². The molecule has 254 valence electrons. The highest BCUT2D eigenvalue weighted by molar-refractivity contribution is 5.66. The lowest BCUT2D eigenvalue weighted by Gasteiger charge is -2.04. The highest BCUT2D eigenvalue weighted by Crippen LogP contribution is 2.16. The second-order valence-electron chi connectivity index (χ2n) is 13.2. The Balaban J connectivity index is 3.12. The van der Waals surface area contributed by atoms with Gasteiger partial charge in [-0.05, 0) is 44.9 Å². The largest absolute Gasteiger partial charge is 0.481 e. The number of allylic oxidation sites excluding steroid dienone is 4. The number of hydrogen-bond donors (Lipinski definition) is 2. The predicted molar refractivity (Wildman–Crippen MR) is 190 cm³/mol.